The minimum absolute atomic E-state index is 0.137. The van der Waals surface area contributed by atoms with E-state index in [9.17, 15) is 14.4 Å². The first-order valence-corrected chi connectivity index (χ1v) is 17.2. The third kappa shape index (κ3) is 6.90. The maximum atomic E-state index is 14.4. The molecule has 2 aromatic heterocycles. The summed E-state index contributed by atoms with van der Waals surface area (Å²) in [5.41, 5.74) is 2.70. The molecule has 256 valence electrons. The number of benzene rings is 3. The highest BCUT2D eigenvalue weighted by Gasteiger charge is 2.35. The number of fused-ring (bicyclic) bond motifs is 1. The fourth-order valence-corrected chi connectivity index (χ4v) is 6.70. The Hall–Kier alpha value is -5.68. The number of hydrogen-bond acceptors (Lipinski definition) is 10. The van der Waals surface area contributed by atoms with E-state index in [4.69, 9.17) is 28.4 Å². The number of carbonyl (C=O) groups excluding carboxylic acids is 2. The molecule has 11 heteroatoms. The molecule has 1 atom stereocenters. The van der Waals surface area contributed by atoms with Crippen LogP contribution in [-0.4, -0.2) is 42.9 Å². The zero-order chi connectivity index (χ0) is 35.2. The van der Waals surface area contributed by atoms with Gasteiger partial charge in [-0.25, -0.2) is 14.6 Å². The second-order valence-corrected chi connectivity index (χ2v) is 12.0. The van der Waals surface area contributed by atoms with Crippen LogP contribution in [0.15, 0.2) is 105 Å². The van der Waals surface area contributed by atoms with Crippen LogP contribution in [0.2, 0.25) is 0 Å². The lowest BCUT2D eigenvalue weighted by molar-refractivity contribution is -0.138. The molecule has 0 unspecified atom stereocenters. The van der Waals surface area contributed by atoms with Crippen LogP contribution in [-0.2, 0) is 14.3 Å². The van der Waals surface area contributed by atoms with Crippen molar-refractivity contribution in [3.05, 3.63) is 133 Å². The number of carbonyl (C=O) groups is 2. The fraction of sp³-hybridized carbons (Fsp3) is 0.231. The predicted octanol–water partition coefficient (Wildman–Crippen LogP) is 6.17. The van der Waals surface area contributed by atoms with Crippen molar-refractivity contribution in [2.75, 3.05) is 26.4 Å². The summed E-state index contributed by atoms with van der Waals surface area (Å²) in [5.74, 6) is 0.983. The lowest BCUT2D eigenvalue weighted by Crippen LogP contribution is -2.40. The van der Waals surface area contributed by atoms with Crippen LogP contribution in [0.1, 0.15) is 61.0 Å². The Morgan fingerprint density at radius 1 is 0.800 bits per heavy atom. The van der Waals surface area contributed by atoms with E-state index in [1.165, 1.54) is 15.9 Å². The Balaban J connectivity index is 1.52. The molecule has 0 N–H and O–H groups in total. The van der Waals surface area contributed by atoms with Crippen LogP contribution in [0.4, 0.5) is 0 Å². The van der Waals surface area contributed by atoms with E-state index in [2.05, 4.69) is 0 Å². The first-order chi connectivity index (χ1) is 24.4. The number of furan rings is 1. The minimum atomic E-state index is -0.893. The molecule has 6 rings (SSSR count). The van der Waals surface area contributed by atoms with Crippen LogP contribution in [0.25, 0.3) is 23.1 Å². The number of ether oxygens (including phenoxy) is 4. The number of thiazole rings is 1. The van der Waals surface area contributed by atoms with Crippen molar-refractivity contribution in [3.8, 4) is 22.8 Å². The summed E-state index contributed by atoms with van der Waals surface area (Å²) in [6.45, 7) is 8.48. The number of esters is 2. The largest absolute Gasteiger partial charge is 0.490 e. The molecule has 0 saturated heterocycles. The van der Waals surface area contributed by atoms with Crippen molar-refractivity contribution in [2.45, 2.75) is 33.7 Å². The Morgan fingerprint density at radius 3 is 2.26 bits per heavy atom. The highest BCUT2D eigenvalue weighted by atomic mass is 32.1. The van der Waals surface area contributed by atoms with Crippen molar-refractivity contribution in [3.63, 3.8) is 0 Å². The molecule has 0 amide bonds. The smallest absolute Gasteiger partial charge is 0.338 e. The summed E-state index contributed by atoms with van der Waals surface area (Å²) < 4.78 is 30.5. The Morgan fingerprint density at radius 2 is 1.52 bits per heavy atom. The summed E-state index contributed by atoms with van der Waals surface area (Å²) in [5, 5.41) is 0. The van der Waals surface area contributed by atoms with Gasteiger partial charge in [0.2, 0.25) is 0 Å². The van der Waals surface area contributed by atoms with E-state index in [-0.39, 0.29) is 24.3 Å². The molecule has 0 aliphatic carbocycles. The third-order valence-electron chi connectivity index (χ3n) is 7.82. The van der Waals surface area contributed by atoms with Gasteiger partial charge in [0, 0.05) is 17.2 Å². The Bertz CT molecular complexity index is 2250. The molecule has 0 saturated carbocycles. The summed E-state index contributed by atoms with van der Waals surface area (Å²) in [7, 11) is 0. The quantitative estimate of drug-likeness (QED) is 0.143. The van der Waals surface area contributed by atoms with Gasteiger partial charge in [-0.15, -0.1) is 0 Å². The first kappa shape index (κ1) is 34.2. The summed E-state index contributed by atoms with van der Waals surface area (Å²) in [6, 6.07) is 24.4. The molecule has 10 nitrogen and oxygen atoms in total. The lowest BCUT2D eigenvalue weighted by Gasteiger charge is -2.26. The maximum Gasteiger partial charge on any atom is 0.338 e. The number of rotatable bonds is 12. The Kier molecular flexibility index (Phi) is 10.4. The standard InChI is InChI=1S/C39H36N2O8S/c1-5-45-30-19-17-26(22-31(30)46-6-2)35-33(38(44)48-8-4)34(24-13-10-9-11-14-24)40-39-41(35)36(42)32(50-39)23-28-18-20-29(49-28)25-15-12-16-27(21-25)37(43)47-7-3/h9-23,35H,5-8H2,1-4H3/b32-23+/t35-/m0/s1. The van der Waals surface area contributed by atoms with Crippen LogP contribution < -0.4 is 24.4 Å². The van der Waals surface area contributed by atoms with Gasteiger partial charge in [-0.05, 0) is 69.7 Å². The van der Waals surface area contributed by atoms with Crippen molar-refractivity contribution < 1.29 is 33.0 Å². The molecule has 0 fully saturated rings. The van der Waals surface area contributed by atoms with E-state index in [0.717, 1.165) is 0 Å². The summed E-state index contributed by atoms with van der Waals surface area (Å²) >= 11 is 1.19. The summed E-state index contributed by atoms with van der Waals surface area (Å²) in [4.78, 5) is 45.8. The molecule has 1 aliphatic heterocycles. The van der Waals surface area contributed by atoms with Crippen LogP contribution >= 0.6 is 11.3 Å². The number of nitrogens with zero attached hydrogens (tertiary/aromatic N) is 2. The van der Waals surface area contributed by atoms with Gasteiger partial charge < -0.3 is 23.4 Å². The number of hydrogen-bond donors (Lipinski definition) is 0. The second kappa shape index (κ2) is 15.3. The van der Waals surface area contributed by atoms with Gasteiger partial charge in [-0.1, -0.05) is 59.9 Å². The lowest BCUT2D eigenvalue weighted by atomic mass is 9.93. The SMILES string of the molecule is CCOC(=O)C1=C(c2ccccc2)N=c2s/c(=C/c3ccc(-c4cccc(C(=O)OCC)c4)o3)c(=O)n2[C@H]1c1ccc(OCC)c(OCC)c1. The zero-order valence-corrected chi connectivity index (χ0v) is 29.0. The van der Waals surface area contributed by atoms with Crippen molar-refractivity contribution >= 4 is 35.0 Å². The monoisotopic (exact) mass is 692 g/mol. The van der Waals surface area contributed by atoms with E-state index >= 15 is 0 Å². The molecule has 50 heavy (non-hydrogen) atoms. The molecule has 1 aliphatic rings. The molecule has 0 spiro atoms. The van der Waals surface area contributed by atoms with E-state index in [1.807, 2.05) is 56.3 Å². The van der Waals surface area contributed by atoms with Gasteiger partial charge in [0.25, 0.3) is 5.56 Å². The summed E-state index contributed by atoms with van der Waals surface area (Å²) in [6.07, 6.45) is 1.65. The van der Waals surface area contributed by atoms with E-state index in [0.29, 0.717) is 73.5 Å². The maximum absolute atomic E-state index is 14.4. The van der Waals surface area contributed by atoms with Gasteiger partial charge in [-0.3, -0.25) is 9.36 Å². The van der Waals surface area contributed by atoms with Crippen molar-refractivity contribution in [1.29, 1.82) is 0 Å². The van der Waals surface area contributed by atoms with Crippen LogP contribution in [0.5, 0.6) is 11.5 Å². The van der Waals surface area contributed by atoms with E-state index in [1.54, 1.807) is 62.4 Å². The normalized spacial score (nSPS) is 14.2. The Labute approximate surface area is 292 Å². The third-order valence-corrected chi connectivity index (χ3v) is 8.80. The second-order valence-electron chi connectivity index (χ2n) is 11.0. The molecular formula is C39H36N2O8S. The average molecular weight is 693 g/mol. The highest BCUT2D eigenvalue weighted by Crippen LogP contribution is 2.38. The zero-order valence-electron chi connectivity index (χ0n) is 28.1. The van der Waals surface area contributed by atoms with Gasteiger partial charge in [0.05, 0.1) is 53.8 Å². The van der Waals surface area contributed by atoms with Crippen molar-refractivity contribution in [2.24, 2.45) is 4.99 Å². The van der Waals surface area contributed by atoms with Crippen molar-refractivity contribution in [1.82, 2.24) is 4.57 Å². The first-order valence-electron chi connectivity index (χ1n) is 16.4. The fourth-order valence-electron chi connectivity index (χ4n) is 5.72. The van der Waals surface area contributed by atoms with Gasteiger partial charge in [0.1, 0.15) is 11.5 Å². The van der Waals surface area contributed by atoms with Crippen LogP contribution in [0.3, 0.4) is 0 Å². The van der Waals surface area contributed by atoms with Gasteiger partial charge in [-0.2, -0.15) is 0 Å². The van der Waals surface area contributed by atoms with E-state index < -0.39 is 18.0 Å². The van der Waals surface area contributed by atoms with Crippen LogP contribution in [0, 0.1) is 0 Å². The molecule has 3 aromatic carbocycles. The predicted molar refractivity (Wildman–Crippen MR) is 190 cm³/mol. The molecule has 5 aromatic rings. The van der Waals surface area contributed by atoms with Gasteiger partial charge >= 0.3 is 11.9 Å². The highest BCUT2D eigenvalue weighted by molar-refractivity contribution is 7.07. The average Bonchev–Trinajstić information content (AvgIpc) is 3.73. The van der Waals surface area contributed by atoms with Gasteiger partial charge in [0.15, 0.2) is 16.3 Å². The molecular weight excluding hydrogens is 657 g/mol. The molecule has 0 bridgehead atoms. The molecule has 3 heterocycles. The molecule has 0 radical (unpaired) electrons. The minimum Gasteiger partial charge on any atom is -0.490 e. The topological polar surface area (TPSA) is 119 Å². The number of aromatic nitrogens is 1.